The van der Waals surface area contributed by atoms with Crippen LogP contribution in [-0.2, 0) is 10.2 Å². The average Bonchev–Trinajstić information content (AvgIpc) is 2.37. The van der Waals surface area contributed by atoms with Gasteiger partial charge in [0.05, 0.1) is 17.4 Å². The fourth-order valence-corrected chi connectivity index (χ4v) is 2.06. The maximum absolute atomic E-state index is 12.0. The van der Waals surface area contributed by atoms with Crippen LogP contribution in [0, 0.1) is 0 Å². The highest BCUT2D eigenvalue weighted by atomic mass is 32.2. The Bertz CT molecular complexity index is 776. The van der Waals surface area contributed by atoms with Crippen LogP contribution in [0.3, 0.4) is 0 Å². The van der Waals surface area contributed by atoms with Gasteiger partial charge in [0, 0.05) is 11.9 Å². The molecule has 0 unspecified atom stereocenters. The summed E-state index contributed by atoms with van der Waals surface area (Å²) in [5.41, 5.74) is 0.592. The molecule has 0 radical (unpaired) electrons. The van der Waals surface area contributed by atoms with Crippen LogP contribution in [0.1, 0.15) is 10.4 Å². The van der Waals surface area contributed by atoms with E-state index in [4.69, 9.17) is 5.14 Å². The summed E-state index contributed by atoms with van der Waals surface area (Å²) in [6, 6.07) is 7.32. The van der Waals surface area contributed by atoms with Crippen molar-refractivity contribution in [3.63, 3.8) is 0 Å². The monoisotopic (exact) mass is 308 g/mol. The number of nitrogens with two attached hydrogens (primary N) is 1. The molecule has 1 aromatic carbocycles. The summed E-state index contributed by atoms with van der Waals surface area (Å²) >= 11 is 0. The number of pyridine rings is 1. The number of nitrogens with one attached hydrogen (secondary N) is 2. The van der Waals surface area contributed by atoms with E-state index in [2.05, 4.69) is 15.0 Å². The number of amides is 1. The predicted octanol–water partition coefficient (Wildman–Crippen LogP) is 0.655. The van der Waals surface area contributed by atoms with Gasteiger partial charge in [-0.3, -0.25) is 14.5 Å². The second kappa shape index (κ2) is 5.77. The van der Waals surface area contributed by atoms with Crippen molar-refractivity contribution in [3.8, 4) is 5.75 Å². The Morgan fingerprint density at radius 2 is 1.95 bits per heavy atom. The third kappa shape index (κ3) is 4.16. The molecule has 110 valence electrons. The normalized spacial score (nSPS) is 10.9. The highest BCUT2D eigenvalue weighted by molar-refractivity contribution is 7.90. The summed E-state index contributed by atoms with van der Waals surface area (Å²) in [5.74, 6) is -0.809. The van der Waals surface area contributed by atoms with Gasteiger partial charge in [-0.1, -0.05) is 6.07 Å². The fraction of sp³-hybridized carbons (Fsp3) is 0. The van der Waals surface area contributed by atoms with Crippen LogP contribution in [0.4, 0.5) is 11.4 Å². The lowest BCUT2D eigenvalue weighted by molar-refractivity contribution is 0.102. The number of carbonyl (C=O) groups is 1. The molecule has 9 heteroatoms. The fourth-order valence-electron chi connectivity index (χ4n) is 1.60. The van der Waals surface area contributed by atoms with Crippen LogP contribution in [0.15, 0.2) is 42.7 Å². The number of nitrogens with zero attached hydrogens (tertiary/aromatic N) is 1. The first kappa shape index (κ1) is 14.8. The predicted molar refractivity (Wildman–Crippen MR) is 77.0 cm³/mol. The van der Waals surface area contributed by atoms with Crippen molar-refractivity contribution in [2.75, 3.05) is 10.0 Å². The molecule has 1 aromatic heterocycles. The Kier molecular flexibility index (Phi) is 4.05. The van der Waals surface area contributed by atoms with E-state index in [0.717, 1.165) is 6.20 Å². The Labute approximate surface area is 120 Å². The summed E-state index contributed by atoms with van der Waals surface area (Å²) < 4.78 is 24.0. The van der Waals surface area contributed by atoms with Crippen molar-refractivity contribution in [1.29, 1.82) is 0 Å². The number of carbonyl (C=O) groups excluding carboxylic acids is 1. The van der Waals surface area contributed by atoms with Crippen molar-refractivity contribution < 1.29 is 18.3 Å². The zero-order chi connectivity index (χ0) is 15.5. The number of hydrogen-bond donors (Lipinski definition) is 4. The zero-order valence-electron chi connectivity index (χ0n) is 10.6. The molecule has 0 aliphatic rings. The lowest BCUT2D eigenvalue weighted by Crippen LogP contribution is -2.21. The third-order valence-corrected chi connectivity index (χ3v) is 2.95. The van der Waals surface area contributed by atoms with Gasteiger partial charge in [0.1, 0.15) is 5.75 Å². The number of rotatable bonds is 4. The van der Waals surface area contributed by atoms with Gasteiger partial charge in [0.2, 0.25) is 0 Å². The molecule has 0 aliphatic carbocycles. The van der Waals surface area contributed by atoms with Gasteiger partial charge in [0.25, 0.3) is 16.1 Å². The van der Waals surface area contributed by atoms with Crippen LogP contribution in [0.5, 0.6) is 5.75 Å². The van der Waals surface area contributed by atoms with Gasteiger partial charge >= 0.3 is 0 Å². The Morgan fingerprint density at radius 3 is 2.62 bits per heavy atom. The molecule has 0 spiro atoms. The smallest absolute Gasteiger partial charge is 0.296 e. The topological polar surface area (TPSA) is 134 Å². The molecule has 8 nitrogen and oxygen atoms in total. The zero-order valence-corrected chi connectivity index (χ0v) is 11.5. The van der Waals surface area contributed by atoms with Gasteiger partial charge in [-0.2, -0.15) is 8.42 Å². The van der Waals surface area contributed by atoms with Gasteiger partial charge in [-0.25, -0.2) is 5.14 Å². The highest BCUT2D eigenvalue weighted by Gasteiger charge is 2.11. The molecule has 5 N–H and O–H groups in total. The number of benzene rings is 1. The highest BCUT2D eigenvalue weighted by Crippen LogP contribution is 2.19. The molecule has 0 saturated heterocycles. The Balaban J connectivity index is 2.19. The molecule has 0 saturated carbocycles. The molecular weight excluding hydrogens is 296 g/mol. The summed E-state index contributed by atoms with van der Waals surface area (Å²) in [4.78, 5) is 15.6. The van der Waals surface area contributed by atoms with Crippen molar-refractivity contribution in [3.05, 3.63) is 48.3 Å². The molecule has 1 heterocycles. The molecule has 1 amide bonds. The van der Waals surface area contributed by atoms with Crippen LogP contribution >= 0.6 is 0 Å². The van der Waals surface area contributed by atoms with Crippen molar-refractivity contribution >= 4 is 27.5 Å². The molecule has 21 heavy (non-hydrogen) atoms. The van der Waals surface area contributed by atoms with E-state index < -0.39 is 16.1 Å². The van der Waals surface area contributed by atoms with Crippen molar-refractivity contribution in [2.24, 2.45) is 5.14 Å². The van der Waals surface area contributed by atoms with Crippen LogP contribution in [-0.4, -0.2) is 24.4 Å². The summed E-state index contributed by atoms with van der Waals surface area (Å²) in [6.45, 7) is 0. The van der Waals surface area contributed by atoms with E-state index >= 15 is 0 Å². The third-order valence-electron chi connectivity index (χ3n) is 2.43. The maximum atomic E-state index is 12.0. The van der Waals surface area contributed by atoms with Crippen LogP contribution < -0.4 is 15.2 Å². The van der Waals surface area contributed by atoms with E-state index in [1.807, 2.05) is 0 Å². The minimum atomic E-state index is -3.89. The summed E-state index contributed by atoms with van der Waals surface area (Å²) in [5, 5.41) is 16.9. The van der Waals surface area contributed by atoms with Gasteiger partial charge < -0.3 is 10.4 Å². The largest absolute Gasteiger partial charge is 0.505 e. The van der Waals surface area contributed by atoms with Crippen LogP contribution in [0.25, 0.3) is 0 Å². The molecule has 0 fully saturated rings. The quantitative estimate of drug-likeness (QED) is 0.658. The van der Waals surface area contributed by atoms with Gasteiger partial charge in [0.15, 0.2) is 0 Å². The summed E-state index contributed by atoms with van der Waals surface area (Å²) in [7, 11) is -3.89. The van der Waals surface area contributed by atoms with E-state index in [9.17, 15) is 18.3 Å². The minimum absolute atomic E-state index is 0.0507. The first-order valence-corrected chi connectivity index (χ1v) is 7.25. The van der Waals surface area contributed by atoms with E-state index in [1.54, 1.807) is 6.07 Å². The molecule has 2 aromatic rings. The molecule has 0 atom stereocenters. The standard InChI is InChI=1S/C12H12N4O4S/c13-21(19,20)16-9-3-1-2-8(6-9)15-12(18)10-4-5-14-7-11(10)17/h1-7,16-17H,(H,15,18)(H2,13,19,20). The number of hydrogen-bond acceptors (Lipinski definition) is 5. The van der Waals surface area contributed by atoms with Gasteiger partial charge in [-0.05, 0) is 24.3 Å². The SMILES string of the molecule is NS(=O)(=O)Nc1cccc(NC(=O)c2ccncc2O)c1. The average molecular weight is 308 g/mol. The summed E-state index contributed by atoms with van der Waals surface area (Å²) in [6.07, 6.45) is 2.52. The van der Waals surface area contributed by atoms with E-state index in [-0.39, 0.29) is 17.0 Å². The Hall–Kier alpha value is -2.65. The van der Waals surface area contributed by atoms with Crippen molar-refractivity contribution in [2.45, 2.75) is 0 Å². The van der Waals surface area contributed by atoms with Crippen molar-refractivity contribution in [1.82, 2.24) is 4.98 Å². The number of aromatic hydroxyl groups is 1. The van der Waals surface area contributed by atoms with E-state index in [1.165, 1.54) is 30.5 Å². The molecule has 0 bridgehead atoms. The lowest BCUT2D eigenvalue weighted by Gasteiger charge is -2.08. The lowest BCUT2D eigenvalue weighted by atomic mass is 10.2. The maximum Gasteiger partial charge on any atom is 0.296 e. The first-order chi connectivity index (χ1) is 9.85. The number of anilines is 2. The Morgan fingerprint density at radius 1 is 1.24 bits per heavy atom. The number of aromatic nitrogens is 1. The second-order valence-electron chi connectivity index (χ2n) is 4.07. The minimum Gasteiger partial charge on any atom is -0.505 e. The van der Waals surface area contributed by atoms with E-state index in [0.29, 0.717) is 5.69 Å². The molecule has 0 aliphatic heterocycles. The second-order valence-corrected chi connectivity index (χ2v) is 5.37. The first-order valence-electron chi connectivity index (χ1n) is 5.70. The van der Waals surface area contributed by atoms with Gasteiger partial charge in [-0.15, -0.1) is 0 Å². The molecule has 2 rings (SSSR count). The molecular formula is C12H12N4O4S. The van der Waals surface area contributed by atoms with Crippen LogP contribution in [0.2, 0.25) is 0 Å².